The SMILES string of the molecule is Clc1ccc(-c2nnc(CSc3n[nH]c4nc5ccccc5n34)o2)cc1. The number of H-pyrrole nitrogens is 1. The Morgan fingerprint density at radius 2 is 1.92 bits per heavy atom. The van der Waals surface area contributed by atoms with Crippen LogP contribution in [0, 0.1) is 0 Å². The number of thioether (sulfide) groups is 1. The van der Waals surface area contributed by atoms with Gasteiger partial charge in [0.25, 0.3) is 0 Å². The van der Waals surface area contributed by atoms with Gasteiger partial charge in [-0.25, -0.2) is 10.1 Å². The lowest BCUT2D eigenvalue weighted by atomic mass is 10.2. The first-order valence-corrected chi connectivity index (χ1v) is 9.17. The number of nitrogens with zero attached hydrogens (tertiary/aromatic N) is 5. The topological polar surface area (TPSA) is 84.9 Å². The first-order chi connectivity index (χ1) is 12.8. The highest BCUT2D eigenvalue weighted by atomic mass is 35.5. The molecule has 1 N–H and O–H groups in total. The summed E-state index contributed by atoms with van der Waals surface area (Å²) in [4.78, 5) is 4.51. The van der Waals surface area contributed by atoms with E-state index in [4.69, 9.17) is 16.0 Å². The van der Waals surface area contributed by atoms with Crippen molar-refractivity contribution in [3.63, 3.8) is 0 Å². The maximum atomic E-state index is 5.90. The van der Waals surface area contributed by atoms with Crippen LogP contribution in [0.3, 0.4) is 0 Å². The van der Waals surface area contributed by atoms with E-state index in [0.29, 0.717) is 28.3 Å². The van der Waals surface area contributed by atoms with Crippen LogP contribution in [0.4, 0.5) is 0 Å². The molecule has 0 aliphatic carbocycles. The average molecular weight is 383 g/mol. The summed E-state index contributed by atoms with van der Waals surface area (Å²) in [5.74, 6) is 2.21. The Morgan fingerprint density at radius 1 is 1.08 bits per heavy atom. The molecule has 128 valence electrons. The molecule has 26 heavy (non-hydrogen) atoms. The summed E-state index contributed by atoms with van der Waals surface area (Å²) in [6.45, 7) is 0. The second-order valence-corrected chi connectivity index (χ2v) is 6.94. The van der Waals surface area contributed by atoms with Crippen LogP contribution in [0.15, 0.2) is 58.1 Å². The molecule has 2 aromatic carbocycles. The predicted molar refractivity (Wildman–Crippen MR) is 99.1 cm³/mol. The van der Waals surface area contributed by atoms with Crippen molar-refractivity contribution in [3.8, 4) is 11.5 Å². The van der Waals surface area contributed by atoms with Gasteiger partial charge in [0.05, 0.1) is 16.8 Å². The van der Waals surface area contributed by atoms with Crippen LogP contribution in [0.25, 0.3) is 28.3 Å². The Labute approximate surface area is 156 Å². The Balaban J connectivity index is 1.40. The Morgan fingerprint density at radius 3 is 2.81 bits per heavy atom. The zero-order valence-electron chi connectivity index (χ0n) is 13.3. The summed E-state index contributed by atoms with van der Waals surface area (Å²) in [6, 6.07) is 15.2. The van der Waals surface area contributed by atoms with Gasteiger partial charge in [-0.1, -0.05) is 35.5 Å². The van der Waals surface area contributed by atoms with Crippen LogP contribution in [0.1, 0.15) is 5.89 Å². The number of hydrogen-bond donors (Lipinski definition) is 1. The van der Waals surface area contributed by atoms with E-state index in [9.17, 15) is 0 Å². The molecule has 0 spiro atoms. The molecular formula is C17H11ClN6OS. The van der Waals surface area contributed by atoms with Gasteiger partial charge in [-0.05, 0) is 36.4 Å². The Bertz CT molecular complexity index is 1210. The van der Waals surface area contributed by atoms with E-state index >= 15 is 0 Å². The van der Waals surface area contributed by atoms with E-state index in [-0.39, 0.29) is 0 Å². The van der Waals surface area contributed by atoms with Crippen LogP contribution in [-0.4, -0.2) is 29.8 Å². The second-order valence-electron chi connectivity index (χ2n) is 5.56. The summed E-state index contributed by atoms with van der Waals surface area (Å²) in [7, 11) is 0. The Kier molecular flexibility index (Phi) is 3.65. The molecule has 0 aliphatic rings. The number of aromatic amines is 1. The fourth-order valence-corrected chi connectivity index (χ4v) is 3.61. The number of fused-ring (bicyclic) bond motifs is 3. The minimum Gasteiger partial charge on any atom is -0.420 e. The molecule has 7 nitrogen and oxygen atoms in total. The standard InChI is InChI=1S/C17H11ClN6OS/c18-11-7-5-10(6-8-11)15-21-20-14(25-15)9-26-17-23-22-16-19-12-3-1-2-4-13(12)24(16)17/h1-8H,9H2,(H,19,22). The van der Waals surface area contributed by atoms with E-state index in [2.05, 4.69) is 25.4 Å². The number of nitrogens with one attached hydrogen (secondary N) is 1. The summed E-state index contributed by atoms with van der Waals surface area (Å²) < 4.78 is 7.72. The van der Waals surface area contributed by atoms with Crippen LogP contribution in [0.5, 0.6) is 0 Å². The highest BCUT2D eigenvalue weighted by Crippen LogP contribution is 2.26. The van der Waals surface area contributed by atoms with Gasteiger partial charge in [0.2, 0.25) is 17.6 Å². The average Bonchev–Trinajstić information content (AvgIpc) is 3.36. The molecule has 0 aliphatic heterocycles. The van der Waals surface area contributed by atoms with Gasteiger partial charge in [-0.3, -0.25) is 4.40 Å². The molecule has 9 heteroatoms. The van der Waals surface area contributed by atoms with Gasteiger partial charge in [0.15, 0.2) is 5.16 Å². The Hall–Kier alpha value is -2.84. The third kappa shape index (κ3) is 2.63. The number of halogens is 1. The van der Waals surface area contributed by atoms with Crippen molar-refractivity contribution in [1.82, 2.24) is 29.8 Å². The number of hydrogen-bond acceptors (Lipinski definition) is 6. The van der Waals surface area contributed by atoms with Crippen molar-refractivity contribution >= 4 is 40.2 Å². The highest BCUT2D eigenvalue weighted by molar-refractivity contribution is 7.98. The fraction of sp³-hybridized carbons (Fsp3) is 0.0588. The highest BCUT2D eigenvalue weighted by Gasteiger charge is 2.14. The van der Waals surface area contributed by atoms with Crippen molar-refractivity contribution in [2.75, 3.05) is 0 Å². The first-order valence-electron chi connectivity index (χ1n) is 7.80. The van der Waals surface area contributed by atoms with E-state index in [1.807, 2.05) is 40.8 Å². The minimum atomic E-state index is 0.470. The van der Waals surface area contributed by atoms with E-state index in [0.717, 1.165) is 21.8 Å². The number of para-hydroxylation sites is 2. The maximum Gasteiger partial charge on any atom is 0.247 e. The monoisotopic (exact) mass is 382 g/mol. The van der Waals surface area contributed by atoms with E-state index in [1.54, 1.807) is 12.1 Å². The van der Waals surface area contributed by atoms with Crippen molar-refractivity contribution in [1.29, 1.82) is 0 Å². The third-order valence-electron chi connectivity index (χ3n) is 3.89. The van der Waals surface area contributed by atoms with E-state index < -0.39 is 0 Å². The van der Waals surface area contributed by atoms with Gasteiger partial charge in [-0.15, -0.1) is 15.3 Å². The van der Waals surface area contributed by atoms with Gasteiger partial charge in [0, 0.05) is 10.6 Å². The molecule has 3 aromatic heterocycles. The van der Waals surface area contributed by atoms with Gasteiger partial charge >= 0.3 is 0 Å². The molecule has 0 saturated carbocycles. The van der Waals surface area contributed by atoms with Gasteiger partial charge in [-0.2, -0.15) is 0 Å². The normalized spacial score (nSPS) is 11.6. The lowest BCUT2D eigenvalue weighted by Gasteiger charge is -1.97. The van der Waals surface area contributed by atoms with Crippen LogP contribution < -0.4 is 0 Å². The third-order valence-corrected chi connectivity index (χ3v) is 5.06. The minimum absolute atomic E-state index is 0.470. The molecule has 3 heterocycles. The summed E-state index contributed by atoms with van der Waals surface area (Å²) in [6.07, 6.45) is 0. The number of aromatic nitrogens is 6. The zero-order valence-corrected chi connectivity index (χ0v) is 14.8. The smallest absolute Gasteiger partial charge is 0.247 e. The van der Waals surface area contributed by atoms with Crippen molar-refractivity contribution in [2.45, 2.75) is 10.9 Å². The molecule has 0 unspecified atom stereocenters. The van der Waals surface area contributed by atoms with Crippen LogP contribution in [-0.2, 0) is 5.75 Å². The first kappa shape index (κ1) is 15.4. The van der Waals surface area contributed by atoms with Crippen molar-refractivity contribution in [2.24, 2.45) is 0 Å². The second kappa shape index (κ2) is 6.15. The lowest BCUT2D eigenvalue weighted by Crippen LogP contribution is -1.87. The molecule has 0 atom stereocenters. The van der Waals surface area contributed by atoms with Gasteiger partial charge in [0.1, 0.15) is 0 Å². The molecular weight excluding hydrogens is 372 g/mol. The number of imidazole rings is 1. The number of benzene rings is 2. The van der Waals surface area contributed by atoms with Crippen molar-refractivity contribution < 1.29 is 4.42 Å². The summed E-state index contributed by atoms with van der Waals surface area (Å²) >= 11 is 7.41. The zero-order chi connectivity index (χ0) is 17.5. The number of rotatable bonds is 4. The molecule has 0 fully saturated rings. The summed E-state index contributed by atoms with van der Waals surface area (Å²) in [5.41, 5.74) is 2.76. The van der Waals surface area contributed by atoms with Crippen LogP contribution in [0.2, 0.25) is 5.02 Å². The molecule has 0 saturated heterocycles. The quantitative estimate of drug-likeness (QED) is 0.469. The largest absolute Gasteiger partial charge is 0.420 e. The fourth-order valence-electron chi connectivity index (χ4n) is 2.69. The molecule has 5 rings (SSSR count). The summed E-state index contributed by atoms with van der Waals surface area (Å²) in [5, 5.41) is 16.9. The van der Waals surface area contributed by atoms with Crippen LogP contribution >= 0.6 is 23.4 Å². The van der Waals surface area contributed by atoms with E-state index in [1.165, 1.54) is 11.8 Å². The molecule has 5 aromatic rings. The molecule has 0 radical (unpaired) electrons. The van der Waals surface area contributed by atoms with Crippen molar-refractivity contribution in [3.05, 3.63) is 59.4 Å². The van der Waals surface area contributed by atoms with Gasteiger partial charge < -0.3 is 4.42 Å². The maximum absolute atomic E-state index is 5.90. The molecule has 0 bridgehead atoms. The predicted octanol–water partition coefficient (Wildman–Crippen LogP) is 4.21. The lowest BCUT2D eigenvalue weighted by molar-refractivity contribution is 0.528. The molecule has 0 amide bonds.